The highest BCUT2D eigenvalue weighted by molar-refractivity contribution is 5.92. The maximum atomic E-state index is 13.3. The standard InChI is InChI=1S/C17H12F3N3O/c18-17(19,20)14-7-3-1-5-12(14)13-6-2-4-8-15(13)23-10-11(9-22-23)16(21)24/h1-10H,(H2,21,24). The number of halogens is 3. The normalized spacial score (nSPS) is 11.5. The fourth-order valence-electron chi connectivity index (χ4n) is 2.45. The molecule has 0 atom stereocenters. The molecule has 24 heavy (non-hydrogen) atoms. The second kappa shape index (κ2) is 5.84. The molecule has 122 valence electrons. The van der Waals surface area contributed by atoms with E-state index in [9.17, 15) is 18.0 Å². The van der Waals surface area contributed by atoms with Gasteiger partial charge in [-0.05, 0) is 17.7 Å². The van der Waals surface area contributed by atoms with Gasteiger partial charge in [-0.3, -0.25) is 4.79 Å². The number of aromatic nitrogens is 2. The molecule has 0 aliphatic rings. The number of hydrogen-bond donors (Lipinski definition) is 1. The van der Waals surface area contributed by atoms with Crippen LogP contribution in [0, 0.1) is 0 Å². The van der Waals surface area contributed by atoms with E-state index < -0.39 is 17.6 Å². The molecule has 0 saturated carbocycles. The summed E-state index contributed by atoms with van der Waals surface area (Å²) in [7, 11) is 0. The number of amides is 1. The van der Waals surface area contributed by atoms with Crippen molar-refractivity contribution in [2.75, 3.05) is 0 Å². The van der Waals surface area contributed by atoms with Crippen LogP contribution in [0.2, 0.25) is 0 Å². The van der Waals surface area contributed by atoms with Crippen molar-refractivity contribution in [3.05, 3.63) is 72.1 Å². The lowest BCUT2D eigenvalue weighted by atomic mass is 9.98. The van der Waals surface area contributed by atoms with Crippen LogP contribution in [0.15, 0.2) is 60.9 Å². The van der Waals surface area contributed by atoms with Gasteiger partial charge in [0.15, 0.2) is 0 Å². The summed E-state index contributed by atoms with van der Waals surface area (Å²) >= 11 is 0. The highest BCUT2D eigenvalue weighted by Gasteiger charge is 2.33. The van der Waals surface area contributed by atoms with Gasteiger partial charge in [0.25, 0.3) is 5.91 Å². The molecule has 1 aromatic heterocycles. The summed E-state index contributed by atoms with van der Waals surface area (Å²) in [5.41, 5.74) is 5.44. The highest BCUT2D eigenvalue weighted by Crippen LogP contribution is 2.38. The van der Waals surface area contributed by atoms with Gasteiger partial charge in [0, 0.05) is 11.8 Å². The number of carbonyl (C=O) groups excluding carboxylic acids is 1. The van der Waals surface area contributed by atoms with Gasteiger partial charge in [0.05, 0.1) is 23.0 Å². The zero-order valence-electron chi connectivity index (χ0n) is 12.3. The third kappa shape index (κ3) is 2.88. The predicted octanol–water partition coefficient (Wildman–Crippen LogP) is 3.66. The first kappa shape index (κ1) is 15.8. The van der Waals surface area contributed by atoms with Gasteiger partial charge in [-0.15, -0.1) is 0 Å². The van der Waals surface area contributed by atoms with Crippen molar-refractivity contribution in [3.63, 3.8) is 0 Å². The van der Waals surface area contributed by atoms with Crippen LogP contribution in [-0.2, 0) is 6.18 Å². The molecule has 0 fully saturated rings. The molecule has 1 heterocycles. The molecule has 7 heteroatoms. The van der Waals surface area contributed by atoms with E-state index in [0.717, 1.165) is 6.07 Å². The first-order valence-electron chi connectivity index (χ1n) is 6.98. The molecule has 3 rings (SSSR count). The Labute approximate surface area is 135 Å². The van der Waals surface area contributed by atoms with E-state index in [2.05, 4.69) is 5.10 Å². The van der Waals surface area contributed by atoms with E-state index in [0.29, 0.717) is 11.3 Å². The SMILES string of the molecule is NC(=O)c1cnn(-c2ccccc2-c2ccccc2C(F)(F)F)c1. The van der Waals surface area contributed by atoms with Crippen LogP contribution in [0.25, 0.3) is 16.8 Å². The van der Waals surface area contributed by atoms with Crippen LogP contribution in [0.3, 0.4) is 0 Å². The molecular formula is C17H12F3N3O. The summed E-state index contributed by atoms with van der Waals surface area (Å²) in [5, 5.41) is 4.02. The van der Waals surface area contributed by atoms with Crippen molar-refractivity contribution >= 4 is 5.91 Å². The largest absolute Gasteiger partial charge is 0.417 e. The Morgan fingerprint density at radius 1 is 1.00 bits per heavy atom. The summed E-state index contributed by atoms with van der Waals surface area (Å²) in [6.45, 7) is 0. The van der Waals surface area contributed by atoms with E-state index in [-0.39, 0.29) is 11.1 Å². The van der Waals surface area contributed by atoms with Gasteiger partial charge < -0.3 is 5.73 Å². The molecule has 3 aromatic rings. The van der Waals surface area contributed by atoms with Crippen molar-refractivity contribution in [2.45, 2.75) is 6.18 Å². The summed E-state index contributed by atoms with van der Waals surface area (Å²) in [6.07, 6.45) is -1.82. The van der Waals surface area contributed by atoms with E-state index in [1.165, 1.54) is 29.2 Å². The maximum Gasteiger partial charge on any atom is 0.417 e. The molecule has 0 aliphatic carbocycles. The molecule has 0 radical (unpaired) electrons. The van der Waals surface area contributed by atoms with Crippen LogP contribution in [-0.4, -0.2) is 15.7 Å². The fraction of sp³-hybridized carbons (Fsp3) is 0.0588. The van der Waals surface area contributed by atoms with Crippen molar-refractivity contribution < 1.29 is 18.0 Å². The molecule has 4 nitrogen and oxygen atoms in total. The van der Waals surface area contributed by atoms with Crippen LogP contribution >= 0.6 is 0 Å². The second-order valence-electron chi connectivity index (χ2n) is 5.10. The molecule has 1 amide bonds. The van der Waals surface area contributed by atoms with Gasteiger partial charge in [-0.25, -0.2) is 4.68 Å². The number of para-hydroxylation sites is 1. The molecule has 0 saturated heterocycles. The van der Waals surface area contributed by atoms with Gasteiger partial charge in [0.2, 0.25) is 0 Å². The number of hydrogen-bond acceptors (Lipinski definition) is 2. The zero-order chi connectivity index (χ0) is 17.3. The lowest BCUT2D eigenvalue weighted by Crippen LogP contribution is -2.10. The van der Waals surface area contributed by atoms with Gasteiger partial charge in [-0.2, -0.15) is 18.3 Å². The Balaban J connectivity index is 2.19. The molecule has 0 bridgehead atoms. The average molecular weight is 331 g/mol. The summed E-state index contributed by atoms with van der Waals surface area (Å²) in [4.78, 5) is 11.2. The molecule has 2 aromatic carbocycles. The van der Waals surface area contributed by atoms with Crippen LogP contribution in [0.5, 0.6) is 0 Å². The maximum absolute atomic E-state index is 13.3. The van der Waals surface area contributed by atoms with Crippen molar-refractivity contribution in [3.8, 4) is 16.8 Å². The number of benzene rings is 2. The number of alkyl halides is 3. The molecule has 0 aliphatic heterocycles. The van der Waals surface area contributed by atoms with Crippen molar-refractivity contribution in [1.29, 1.82) is 0 Å². The minimum atomic E-state index is -4.48. The van der Waals surface area contributed by atoms with Crippen LogP contribution in [0.1, 0.15) is 15.9 Å². The summed E-state index contributed by atoms with van der Waals surface area (Å²) in [5.74, 6) is -0.658. The van der Waals surface area contributed by atoms with Gasteiger partial charge in [-0.1, -0.05) is 36.4 Å². The van der Waals surface area contributed by atoms with Gasteiger partial charge in [0.1, 0.15) is 0 Å². The Morgan fingerprint density at radius 3 is 2.25 bits per heavy atom. The second-order valence-corrected chi connectivity index (χ2v) is 5.10. The monoisotopic (exact) mass is 331 g/mol. The van der Waals surface area contributed by atoms with E-state index in [4.69, 9.17) is 5.73 Å². The Bertz CT molecular complexity index is 900. The first-order valence-corrected chi connectivity index (χ1v) is 6.98. The summed E-state index contributed by atoms with van der Waals surface area (Å²) in [6, 6.07) is 11.8. The zero-order valence-corrected chi connectivity index (χ0v) is 12.3. The average Bonchev–Trinajstić information content (AvgIpc) is 3.04. The predicted molar refractivity (Wildman–Crippen MR) is 82.5 cm³/mol. The number of nitrogens with two attached hydrogens (primary N) is 1. The molecular weight excluding hydrogens is 319 g/mol. The van der Waals surface area contributed by atoms with E-state index in [1.807, 2.05) is 0 Å². The Morgan fingerprint density at radius 2 is 1.62 bits per heavy atom. The number of carbonyl (C=O) groups is 1. The van der Waals surface area contributed by atoms with Crippen LogP contribution < -0.4 is 5.73 Å². The quantitative estimate of drug-likeness (QED) is 0.796. The number of nitrogens with zero attached hydrogens (tertiary/aromatic N) is 2. The highest BCUT2D eigenvalue weighted by atomic mass is 19.4. The summed E-state index contributed by atoms with van der Waals surface area (Å²) < 4.78 is 41.2. The van der Waals surface area contributed by atoms with E-state index in [1.54, 1.807) is 30.3 Å². The first-order chi connectivity index (χ1) is 11.4. The fourth-order valence-corrected chi connectivity index (χ4v) is 2.45. The topological polar surface area (TPSA) is 60.9 Å². The number of primary amides is 1. The molecule has 0 spiro atoms. The third-order valence-corrected chi connectivity index (χ3v) is 3.54. The van der Waals surface area contributed by atoms with Gasteiger partial charge >= 0.3 is 6.18 Å². The van der Waals surface area contributed by atoms with Crippen molar-refractivity contribution in [2.24, 2.45) is 5.73 Å². The number of rotatable bonds is 3. The lowest BCUT2D eigenvalue weighted by molar-refractivity contribution is -0.137. The smallest absolute Gasteiger partial charge is 0.366 e. The van der Waals surface area contributed by atoms with Crippen LogP contribution in [0.4, 0.5) is 13.2 Å². The lowest BCUT2D eigenvalue weighted by Gasteiger charge is -2.15. The van der Waals surface area contributed by atoms with E-state index >= 15 is 0 Å². The van der Waals surface area contributed by atoms with Crippen molar-refractivity contribution in [1.82, 2.24) is 9.78 Å². The molecule has 0 unspecified atom stereocenters. The molecule has 2 N–H and O–H groups in total. The third-order valence-electron chi connectivity index (χ3n) is 3.54. The Hall–Kier alpha value is -3.09. The Kier molecular flexibility index (Phi) is 3.84. The minimum Gasteiger partial charge on any atom is -0.366 e. The minimum absolute atomic E-state index is 0.0386.